The van der Waals surface area contributed by atoms with Crippen LogP contribution in [0.2, 0.25) is 0 Å². The van der Waals surface area contributed by atoms with Crippen molar-refractivity contribution in [3.05, 3.63) is 35.9 Å². The second kappa shape index (κ2) is 6.73. The van der Waals surface area contributed by atoms with Gasteiger partial charge in [0, 0.05) is 30.7 Å². The molecular formula is C18H30N2. The molecule has 1 unspecified atom stereocenters. The van der Waals surface area contributed by atoms with E-state index in [1.807, 2.05) is 0 Å². The van der Waals surface area contributed by atoms with Crippen LogP contribution in [0.5, 0.6) is 0 Å². The van der Waals surface area contributed by atoms with E-state index in [0.29, 0.717) is 12.1 Å². The monoisotopic (exact) mass is 274 g/mol. The van der Waals surface area contributed by atoms with E-state index in [4.69, 9.17) is 0 Å². The van der Waals surface area contributed by atoms with Gasteiger partial charge in [-0.05, 0) is 38.7 Å². The highest BCUT2D eigenvalue weighted by atomic mass is 15.3. The van der Waals surface area contributed by atoms with Crippen LogP contribution < -0.4 is 5.32 Å². The minimum Gasteiger partial charge on any atom is -0.309 e. The molecule has 20 heavy (non-hydrogen) atoms. The molecule has 1 heterocycles. The predicted molar refractivity (Wildman–Crippen MR) is 87.1 cm³/mol. The summed E-state index contributed by atoms with van der Waals surface area (Å²) in [7, 11) is 0. The van der Waals surface area contributed by atoms with Gasteiger partial charge in [-0.1, -0.05) is 44.2 Å². The van der Waals surface area contributed by atoms with Crippen LogP contribution in [0.15, 0.2) is 30.3 Å². The Kier molecular flexibility index (Phi) is 5.22. The molecule has 1 N–H and O–H groups in total. The Morgan fingerprint density at radius 3 is 2.45 bits per heavy atom. The van der Waals surface area contributed by atoms with E-state index < -0.39 is 0 Å². The highest BCUT2D eigenvalue weighted by Crippen LogP contribution is 2.23. The van der Waals surface area contributed by atoms with E-state index in [-0.39, 0.29) is 5.54 Å². The first-order valence-corrected chi connectivity index (χ1v) is 8.10. The van der Waals surface area contributed by atoms with Crippen molar-refractivity contribution in [2.45, 2.75) is 64.6 Å². The van der Waals surface area contributed by atoms with Crippen molar-refractivity contribution in [3.8, 4) is 0 Å². The maximum Gasteiger partial charge on any atom is 0.0264 e. The molecule has 0 radical (unpaired) electrons. The largest absolute Gasteiger partial charge is 0.309 e. The van der Waals surface area contributed by atoms with Crippen molar-refractivity contribution in [3.63, 3.8) is 0 Å². The topological polar surface area (TPSA) is 15.3 Å². The van der Waals surface area contributed by atoms with Gasteiger partial charge < -0.3 is 5.32 Å². The second-order valence-corrected chi connectivity index (χ2v) is 6.75. The van der Waals surface area contributed by atoms with Crippen LogP contribution in [0, 0.1) is 0 Å². The standard InChI is InChI=1S/C18H30N2/c1-5-16(6-2)20-14-18(3,4)19-13-17(20)12-15-10-8-7-9-11-15/h7-11,16-17,19H,5-6,12-14H2,1-4H3. The number of nitrogens with one attached hydrogen (secondary N) is 1. The molecule has 0 aromatic heterocycles. The lowest BCUT2D eigenvalue weighted by molar-refractivity contribution is 0.0502. The summed E-state index contributed by atoms with van der Waals surface area (Å²) in [5, 5.41) is 3.72. The minimum atomic E-state index is 0.232. The lowest BCUT2D eigenvalue weighted by Gasteiger charge is -2.48. The molecule has 1 aromatic carbocycles. The Morgan fingerprint density at radius 2 is 1.85 bits per heavy atom. The van der Waals surface area contributed by atoms with Gasteiger partial charge in [-0.2, -0.15) is 0 Å². The van der Waals surface area contributed by atoms with Crippen molar-refractivity contribution in [2.24, 2.45) is 0 Å². The zero-order valence-electron chi connectivity index (χ0n) is 13.5. The molecule has 1 saturated heterocycles. The smallest absolute Gasteiger partial charge is 0.0264 e. The Morgan fingerprint density at radius 1 is 1.20 bits per heavy atom. The molecule has 2 heteroatoms. The van der Waals surface area contributed by atoms with E-state index in [9.17, 15) is 0 Å². The van der Waals surface area contributed by atoms with Gasteiger partial charge in [0.1, 0.15) is 0 Å². The zero-order chi connectivity index (χ0) is 14.6. The Balaban J connectivity index is 2.12. The highest BCUT2D eigenvalue weighted by Gasteiger charge is 2.35. The molecule has 0 bridgehead atoms. The first-order valence-electron chi connectivity index (χ1n) is 8.10. The minimum absolute atomic E-state index is 0.232. The van der Waals surface area contributed by atoms with Crippen LogP contribution >= 0.6 is 0 Å². The maximum absolute atomic E-state index is 3.72. The van der Waals surface area contributed by atoms with Gasteiger partial charge >= 0.3 is 0 Å². The summed E-state index contributed by atoms with van der Waals surface area (Å²) in [5.74, 6) is 0. The second-order valence-electron chi connectivity index (χ2n) is 6.75. The Labute approximate surface area is 124 Å². The van der Waals surface area contributed by atoms with Crippen molar-refractivity contribution in [2.75, 3.05) is 13.1 Å². The zero-order valence-corrected chi connectivity index (χ0v) is 13.5. The average molecular weight is 274 g/mol. The molecule has 1 aliphatic heterocycles. The van der Waals surface area contributed by atoms with E-state index in [1.54, 1.807) is 0 Å². The Hall–Kier alpha value is -0.860. The van der Waals surface area contributed by atoms with Crippen molar-refractivity contribution in [1.82, 2.24) is 10.2 Å². The van der Waals surface area contributed by atoms with Crippen molar-refractivity contribution >= 4 is 0 Å². The molecule has 2 nitrogen and oxygen atoms in total. The first kappa shape index (κ1) is 15.5. The van der Waals surface area contributed by atoms with Gasteiger partial charge in [0.15, 0.2) is 0 Å². The fraction of sp³-hybridized carbons (Fsp3) is 0.667. The number of hydrogen-bond acceptors (Lipinski definition) is 2. The van der Waals surface area contributed by atoms with Crippen molar-refractivity contribution < 1.29 is 0 Å². The lowest BCUT2D eigenvalue weighted by Crippen LogP contribution is -2.64. The summed E-state index contributed by atoms with van der Waals surface area (Å²) >= 11 is 0. The van der Waals surface area contributed by atoms with Gasteiger partial charge in [0.05, 0.1) is 0 Å². The number of piperazine rings is 1. The number of nitrogens with zero attached hydrogens (tertiary/aromatic N) is 1. The SMILES string of the molecule is CCC(CC)N1CC(C)(C)NCC1Cc1ccccc1. The van der Waals surface area contributed by atoms with E-state index in [0.717, 1.165) is 19.5 Å². The first-order chi connectivity index (χ1) is 9.55. The summed E-state index contributed by atoms with van der Waals surface area (Å²) in [5.41, 5.74) is 1.69. The third-order valence-electron chi connectivity index (χ3n) is 4.59. The summed E-state index contributed by atoms with van der Waals surface area (Å²) in [6.45, 7) is 11.5. The molecule has 1 aromatic rings. The molecule has 2 rings (SSSR count). The maximum atomic E-state index is 3.72. The van der Waals surface area contributed by atoms with Crippen LogP contribution in [0.1, 0.15) is 46.1 Å². The van der Waals surface area contributed by atoms with Gasteiger partial charge in [-0.25, -0.2) is 0 Å². The third kappa shape index (κ3) is 3.83. The normalized spacial score (nSPS) is 23.1. The van der Waals surface area contributed by atoms with E-state index in [1.165, 1.54) is 18.4 Å². The van der Waals surface area contributed by atoms with Crippen LogP contribution in [0.4, 0.5) is 0 Å². The molecule has 0 aliphatic carbocycles. The van der Waals surface area contributed by atoms with Gasteiger partial charge in [-0.3, -0.25) is 4.90 Å². The molecule has 0 spiro atoms. The summed E-state index contributed by atoms with van der Waals surface area (Å²) in [6, 6.07) is 12.2. The summed E-state index contributed by atoms with van der Waals surface area (Å²) in [4.78, 5) is 2.75. The molecule has 1 atom stereocenters. The number of rotatable bonds is 5. The van der Waals surface area contributed by atoms with Gasteiger partial charge in [0.25, 0.3) is 0 Å². The fourth-order valence-corrected chi connectivity index (χ4v) is 3.41. The highest BCUT2D eigenvalue weighted by molar-refractivity contribution is 5.16. The molecular weight excluding hydrogens is 244 g/mol. The van der Waals surface area contributed by atoms with Crippen LogP contribution in [-0.4, -0.2) is 35.6 Å². The fourth-order valence-electron chi connectivity index (χ4n) is 3.41. The number of benzene rings is 1. The quantitative estimate of drug-likeness (QED) is 0.884. The van der Waals surface area contributed by atoms with E-state index >= 15 is 0 Å². The molecule has 0 saturated carbocycles. The molecule has 1 aliphatic rings. The lowest BCUT2D eigenvalue weighted by atomic mass is 9.92. The van der Waals surface area contributed by atoms with Gasteiger partial charge in [-0.15, -0.1) is 0 Å². The molecule has 0 amide bonds. The molecule has 1 fully saturated rings. The van der Waals surface area contributed by atoms with Crippen LogP contribution in [0.3, 0.4) is 0 Å². The van der Waals surface area contributed by atoms with Gasteiger partial charge in [0.2, 0.25) is 0 Å². The number of hydrogen-bond donors (Lipinski definition) is 1. The van der Waals surface area contributed by atoms with Crippen molar-refractivity contribution in [1.29, 1.82) is 0 Å². The summed E-state index contributed by atoms with van der Waals surface area (Å²) in [6.07, 6.45) is 3.65. The Bertz CT molecular complexity index is 395. The average Bonchev–Trinajstić information content (AvgIpc) is 2.44. The van der Waals surface area contributed by atoms with Crippen LogP contribution in [0.25, 0.3) is 0 Å². The molecule has 112 valence electrons. The predicted octanol–water partition coefficient (Wildman–Crippen LogP) is 3.47. The van der Waals surface area contributed by atoms with E-state index in [2.05, 4.69) is 68.2 Å². The third-order valence-corrected chi connectivity index (χ3v) is 4.59. The summed E-state index contributed by atoms with van der Waals surface area (Å²) < 4.78 is 0. The van der Waals surface area contributed by atoms with Crippen LogP contribution in [-0.2, 0) is 6.42 Å².